The molecule has 0 radical (unpaired) electrons. The summed E-state index contributed by atoms with van der Waals surface area (Å²) < 4.78 is 0. The van der Waals surface area contributed by atoms with Crippen molar-refractivity contribution in [3.05, 3.63) is 53.4 Å². The Morgan fingerprint density at radius 3 is 2.54 bits per heavy atom. The van der Waals surface area contributed by atoms with Crippen molar-refractivity contribution >= 4 is 17.8 Å². The van der Waals surface area contributed by atoms with E-state index in [2.05, 4.69) is 15.5 Å². The monoisotopic (exact) mass is 387 g/mol. The van der Waals surface area contributed by atoms with Gasteiger partial charge in [-0.2, -0.15) is 0 Å². The predicted octanol–water partition coefficient (Wildman–Crippen LogP) is 2.10. The molecule has 0 spiro atoms. The number of benzene rings is 1. The number of hydrogen-bond donors (Lipinski definition) is 4. The molecular formula is C19H25N5O4. The van der Waals surface area contributed by atoms with Crippen LogP contribution in [0.2, 0.25) is 0 Å². The molecule has 2 aliphatic heterocycles. The van der Waals surface area contributed by atoms with E-state index < -0.39 is 6.09 Å². The lowest BCUT2D eigenvalue weighted by Crippen LogP contribution is -2.47. The Hall–Kier alpha value is -3.04. The molecule has 1 aromatic carbocycles. The summed E-state index contributed by atoms with van der Waals surface area (Å²) in [5.74, 6) is 0. The maximum absolute atomic E-state index is 12.2. The van der Waals surface area contributed by atoms with E-state index >= 15 is 0 Å². The second-order valence-electron chi connectivity index (χ2n) is 6.88. The largest absolute Gasteiger partial charge is 0.465 e. The molecular weight excluding hydrogens is 362 g/mol. The van der Waals surface area contributed by atoms with Crippen molar-refractivity contribution in [1.29, 1.82) is 0 Å². The van der Waals surface area contributed by atoms with Crippen LogP contribution in [0, 0.1) is 0 Å². The van der Waals surface area contributed by atoms with E-state index in [1.807, 2.05) is 24.3 Å². The lowest BCUT2D eigenvalue weighted by molar-refractivity contribution is -0.0484. The summed E-state index contributed by atoms with van der Waals surface area (Å²) in [4.78, 5) is 26.8. The average Bonchev–Trinajstić information content (AvgIpc) is 2.65. The summed E-state index contributed by atoms with van der Waals surface area (Å²) in [6.07, 6.45) is 2.61. The predicted molar refractivity (Wildman–Crippen MR) is 104 cm³/mol. The number of anilines is 1. The number of hydrogen-bond acceptors (Lipinski definition) is 5. The number of carboxylic acid groups (broad SMARTS) is 1. The standard InChI is InChI=1S/C19H25N5O4/c1-14-5-6-17(13-24(14)28)21-18(25)20-16-4-2-3-15(11-16)12-22-7-9-23(10-8-22)19(26)27/h2-6,11,28H,7-10,12-13H2,1H3,(H,26,27)(H2,20,21,25). The summed E-state index contributed by atoms with van der Waals surface area (Å²) in [6, 6.07) is 7.19. The first-order valence-corrected chi connectivity index (χ1v) is 9.12. The normalized spacial score (nSPS) is 17.6. The fraction of sp³-hybridized carbons (Fsp3) is 0.368. The van der Waals surface area contributed by atoms with Gasteiger partial charge in [-0.05, 0) is 36.8 Å². The topological polar surface area (TPSA) is 108 Å². The molecule has 0 aliphatic carbocycles. The van der Waals surface area contributed by atoms with Crippen LogP contribution in [0.25, 0.3) is 0 Å². The first kappa shape index (κ1) is 19.7. The lowest BCUT2D eigenvalue weighted by Gasteiger charge is -2.33. The number of amides is 3. The number of rotatable bonds is 4. The smallest absolute Gasteiger partial charge is 0.407 e. The van der Waals surface area contributed by atoms with Gasteiger partial charge >= 0.3 is 12.1 Å². The van der Waals surface area contributed by atoms with Crippen LogP contribution < -0.4 is 10.6 Å². The molecule has 3 rings (SSSR count). The van der Waals surface area contributed by atoms with E-state index in [9.17, 15) is 14.8 Å². The molecule has 28 heavy (non-hydrogen) atoms. The van der Waals surface area contributed by atoms with Gasteiger partial charge < -0.3 is 20.6 Å². The van der Waals surface area contributed by atoms with E-state index in [1.54, 1.807) is 19.1 Å². The van der Waals surface area contributed by atoms with Crippen LogP contribution in [0.5, 0.6) is 0 Å². The van der Waals surface area contributed by atoms with Crippen LogP contribution in [0.4, 0.5) is 15.3 Å². The summed E-state index contributed by atoms with van der Waals surface area (Å²) in [6.45, 7) is 5.06. The van der Waals surface area contributed by atoms with Crippen molar-refractivity contribution in [2.75, 3.05) is 38.0 Å². The molecule has 0 saturated carbocycles. The minimum absolute atomic E-state index is 0.220. The van der Waals surface area contributed by atoms with Gasteiger partial charge in [-0.1, -0.05) is 12.1 Å². The summed E-state index contributed by atoms with van der Waals surface area (Å²) in [5, 5.41) is 25.3. The molecule has 0 atom stereocenters. The van der Waals surface area contributed by atoms with Crippen molar-refractivity contribution in [1.82, 2.24) is 20.2 Å². The molecule has 1 saturated heterocycles. The molecule has 9 nitrogen and oxygen atoms in total. The maximum atomic E-state index is 12.2. The van der Waals surface area contributed by atoms with Crippen molar-refractivity contribution in [2.45, 2.75) is 13.5 Å². The highest BCUT2D eigenvalue weighted by Gasteiger charge is 2.20. The van der Waals surface area contributed by atoms with Crippen LogP contribution in [0.3, 0.4) is 0 Å². The van der Waals surface area contributed by atoms with E-state index in [4.69, 9.17) is 5.11 Å². The second kappa shape index (κ2) is 8.77. The van der Waals surface area contributed by atoms with Crippen molar-refractivity contribution < 1.29 is 19.9 Å². The van der Waals surface area contributed by atoms with Crippen LogP contribution >= 0.6 is 0 Å². The van der Waals surface area contributed by atoms with Gasteiger partial charge in [-0.3, -0.25) is 15.2 Å². The first-order chi connectivity index (χ1) is 13.4. The number of urea groups is 1. The molecule has 1 aromatic rings. The van der Waals surface area contributed by atoms with Gasteiger partial charge in [0.25, 0.3) is 0 Å². The van der Waals surface area contributed by atoms with Crippen molar-refractivity contribution in [2.24, 2.45) is 0 Å². The SMILES string of the molecule is CC1=CC=C(NC(=O)Nc2cccc(CN3CCN(C(=O)O)CC3)c2)CN1O. The van der Waals surface area contributed by atoms with E-state index in [1.165, 1.54) is 4.90 Å². The Morgan fingerprint density at radius 2 is 1.86 bits per heavy atom. The number of nitrogens with zero attached hydrogens (tertiary/aromatic N) is 3. The van der Waals surface area contributed by atoms with E-state index in [0.717, 1.165) is 10.6 Å². The summed E-state index contributed by atoms with van der Waals surface area (Å²) in [5.41, 5.74) is 3.02. The highest BCUT2D eigenvalue weighted by atomic mass is 16.5. The van der Waals surface area contributed by atoms with Gasteiger partial charge in [0.15, 0.2) is 0 Å². The van der Waals surface area contributed by atoms with Crippen LogP contribution in [0.15, 0.2) is 47.8 Å². The number of allylic oxidation sites excluding steroid dienone is 3. The highest BCUT2D eigenvalue weighted by Crippen LogP contribution is 2.15. The Labute approximate surface area is 163 Å². The molecule has 3 amide bonds. The number of carbonyl (C=O) groups is 2. The molecule has 1 fully saturated rings. The molecule has 0 aromatic heterocycles. The van der Waals surface area contributed by atoms with Gasteiger partial charge in [0, 0.05) is 49.8 Å². The van der Waals surface area contributed by atoms with Crippen LogP contribution in [-0.2, 0) is 6.54 Å². The molecule has 2 heterocycles. The first-order valence-electron chi connectivity index (χ1n) is 9.12. The van der Waals surface area contributed by atoms with Gasteiger partial charge in [-0.25, -0.2) is 9.59 Å². The fourth-order valence-electron chi connectivity index (χ4n) is 3.14. The Morgan fingerprint density at radius 1 is 1.11 bits per heavy atom. The third kappa shape index (κ3) is 5.24. The average molecular weight is 387 g/mol. The molecule has 0 unspecified atom stereocenters. The van der Waals surface area contributed by atoms with Gasteiger partial charge in [0.05, 0.1) is 6.54 Å². The molecule has 4 N–H and O–H groups in total. The zero-order valence-corrected chi connectivity index (χ0v) is 15.8. The molecule has 0 bridgehead atoms. The summed E-state index contributed by atoms with van der Waals surface area (Å²) in [7, 11) is 0. The maximum Gasteiger partial charge on any atom is 0.407 e. The Bertz CT molecular complexity index is 799. The lowest BCUT2D eigenvalue weighted by atomic mass is 10.1. The fourth-order valence-corrected chi connectivity index (χ4v) is 3.14. The Kier molecular flexibility index (Phi) is 6.17. The van der Waals surface area contributed by atoms with Crippen molar-refractivity contribution in [3.63, 3.8) is 0 Å². The third-order valence-corrected chi connectivity index (χ3v) is 4.76. The van der Waals surface area contributed by atoms with Crippen LogP contribution in [-0.4, -0.2) is 70.0 Å². The number of carbonyl (C=O) groups excluding carboxylic acids is 1. The Balaban J connectivity index is 1.52. The van der Waals surface area contributed by atoms with Crippen LogP contribution in [0.1, 0.15) is 12.5 Å². The highest BCUT2D eigenvalue weighted by molar-refractivity contribution is 5.90. The zero-order chi connectivity index (χ0) is 20.1. The van der Waals surface area contributed by atoms with Gasteiger partial charge in [-0.15, -0.1) is 0 Å². The van der Waals surface area contributed by atoms with Crippen molar-refractivity contribution in [3.8, 4) is 0 Å². The molecule has 150 valence electrons. The molecule has 2 aliphatic rings. The van der Waals surface area contributed by atoms with E-state index in [-0.39, 0.29) is 12.6 Å². The van der Waals surface area contributed by atoms with E-state index in [0.29, 0.717) is 49.8 Å². The third-order valence-electron chi connectivity index (χ3n) is 4.76. The van der Waals surface area contributed by atoms with Gasteiger partial charge in [0.2, 0.25) is 0 Å². The number of nitrogens with one attached hydrogen (secondary N) is 2. The number of piperazine rings is 1. The minimum atomic E-state index is -0.875. The molecule has 9 heteroatoms. The second-order valence-corrected chi connectivity index (χ2v) is 6.88. The minimum Gasteiger partial charge on any atom is -0.465 e. The zero-order valence-electron chi connectivity index (χ0n) is 15.8. The number of hydroxylamine groups is 2. The quantitative estimate of drug-likeness (QED) is 0.630. The van der Waals surface area contributed by atoms with Gasteiger partial charge in [0.1, 0.15) is 0 Å². The summed E-state index contributed by atoms with van der Waals surface area (Å²) >= 11 is 0.